The molecule has 0 radical (unpaired) electrons. The van der Waals surface area contributed by atoms with Crippen molar-refractivity contribution in [2.45, 2.75) is 19.9 Å². The third-order valence-electron chi connectivity index (χ3n) is 4.55. The SMILES string of the molecule is CC(C)C(NC(=O)c1ccccc1)C(=O)Nc1nc2cc3c(cc2s1)OCCO3. The lowest BCUT2D eigenvalue weighted by Crippen LogP contribution is -2.47. The monoisotopic (exact) mass is 411 g/mol. The van der Waals surface area contributed by atoms with Crippen LogP contribution in [0.25, 0.3) is 10.2 Å². The highest BCUT2D eigenvalue weighted by atomic mass is 32.1. The van der Waals surface area contributed by atoms with Gasteiger partial charge in [0.15, 0.2) is 16.6 Å². The van der Waals surface area contributed by atoms with E-state index in [9.17, 15) is 9.59 Å². The van der Waals surface area contributed by atoms with E-state index < -0.39 is 6.04 Å². The predicted octanol–water partition coefficient (Wildman–Crippen LogP) is 3.46. The summed E-state index contributed by atoms with van der Waals surface area (Å²) >= 11 is 1.35. The molecule has 29 heavy (non-hydrogen) atoms. The molecule has 0 saturated carbocycles. The number of nitrogens with one attached hydrogen (secondary N) is 2. The maximum absolute atomic E-state index is 12.8. The molecular formula is C21H21N3O4S. The highest BCUT2D eigenvalue weighted by molar-refractivity contribution is 7.22. The molecule has 0 aliphatic carbocycles. The van der Waals surface area contributed by atoms with Gasteiger partial charge in [0.2, 0.25) is 5.91 Å². The van der Waals surface area contributed by atoms with Crippen LogP contribution in [0.15, 0.2) is 42.5 Å². The summed E-state index contributed by atoms with van der Waals surface area (Å²) in [5.74, 6) is 0.653. The van der Waals surface area contributed by atoms with Gasteiger partial charge in [0, 0.05) is 17.7 Å². The first-order valence-electron chi connectivity index (χ1n) is 9.38. The zero-order valence-corrected chi connectivity index (χ0v) is 16.9. The average molecular weight is 411 g/mol. The molecule has 2 N–H and O–H groups in total. The Labute approximate surface area is 172 Å². The molecule has 3 aromatic rings. The van der Waals surface area contributed by atoms with Crippen molar-refractivity contribution in [3.8, 4) is 11.5 Å². The van der Waals surface area contributed by atoms with Crippen LogP contribution in [-0.2, 0) is 4.79 Å². The Hall–Kier alpha value is -3.13. The van der Waals surface area contributed by atoms with Crippen molar-refractivity contribution < 1.29 is 19.1 Å². The van der Waals surface area contributed by atoms with Gasteiger partial charge < -0.3 is 20.1 Å². The van der Waals surface area contributed by atoms with Gasteiger partial charge in [-0.15, -0.1) is 0 Å². The quantitative estimate of drug-likeness (QED) is 0.671. The largest absolute Gasteiger partial charge is 0.486 e. The Kier molecular flexibility index (Phi) is 5.35. The Morgan fingerprint density at radius 1 is 1.07 bits per heavy atom. The van der Waals surface area contributed by atoms with E-state index in [4.69, 9.17) is 9.47 Å². The minimum Gasteiger partial charge on any atom is -0.486 e. The Balaban J connectivity index is 1.51. The van der Waals surface area contributed by atoms with Gasteiger partial charge in [-0.05, 0) is 18.1 Å². The van der Waals surface area contributed by atoms with Crippen LogP contribution < -0.4 is 20.1 Å². The molecule has 2 aromatic carbocycles. The molecule has 2 amide bonds. The lowest BCUT2D eigenvalue weighted by molar-refractivity contribution is -0.118. The number of fused-ring (bicyclic) bond motifs is 2. The number of hydrogen-bond donors (Lipinski definition) is 2. The van der Waals surface area contributed by atoms with Gasteiger partial charge in [0.05, 0.1) is 10.2 Å². The molecule has 1 unspecified atom stereocenters. The molecule has 2 heterocycles. The molecule has 1 atom stereocenters. The number of nitrogens with zero attached hydrogens (tertiary/aromatic N) is 1. The minimum atomic E-state index is -0.686. The summed E-state index contributed by atoms with van der Waals surface area (Å²) in [4.78, 5) is 29.8. The summed E-state index contributed by atoms with van der Waals surface area (Å²) in [5.41, 5.74) is 1.24. The number of carbonyl (C=O) groups is 2. The smallest absolute Gasteiger partial charge is 0.251 e. The maximum atomic E-state index is 12.8. The average Bonchev–Trinajstić information content (AvgIpc) is 3.11. The topological polar surface area (TPSA) is 89.6 Å². The normalized spacial score (nSPS) is 13.9. The molecule has 0 fully saturated rings. The Bertz CT molecular complexity index is 1010. The van der Waals surface area contributed by atoms with Crippen molar-refractivity contribution in [1.29, 1.82) is 0 Å². The van der Waals surface area contributed by atoms with Crippen molar-refractivity contribution in [3.05, 3.63) is 48.0 Å². The van der Waals surface area contributed by atoms with Crippen LogP contribution in [0.2, 0.25) is 0 Å². The second-order valence-corrected chi connectivity index (χ2v) is 8.06. The molecule has 150 valence electrons. The van der Waals surface area contributed by atoms with Crippen LogP contribution in [-0.4, -0.2) is 36.1 Å². The van der Waals surface area contributed by atoms with Gasteiger partial charge in [-0.25, -0.2) is 4.98 Å². The van der Waals surface area contributed by atoms with Gasteiger partial charge in [-0.3, -0.25) is 9.59 Å². The third kappa shape index (κ3) is 4.17. The van der Waals surface area contributed by atoms with Crippen LogP contribution in [0, 0.1) is 5.92 Å². The summed E-state index contributed by atoms with van der Waals surface area (Å²) < 4.78 is 12.1. The first kappa shape index (κ1) is 19.2. The number of benzene rings is 2. The number of hydrogen-bond acceptors (Lipinski definition) is 6. The zero-order chi connectivity index (χ0) is 20.4. The number of carbonyl (C=O) groups excluding carboxylic acids is 2. The summed E-state index contributed by atoms with van der Waals surface area (Å²) in [5, 5.41) is 6.11. The lowest BCUT2D eigenvalue weighted by Gasteiger charge is -2.21. The van der Waals surface area contributed by atoms with E-state index in [2.05, 4.69) is 15.6 Å². The fraction of sp³-hybridized carbons (Fsp3) is 0.286. The standard InChI is InChI=1S/C21H21N3O4S/c1-12(2)18(23-19(25)13-6-4-3-5-7-13)20(26)24-21-22-14-10-15-16(11-17(14)29-21)28-9-8-27-15/h3-7,10-12,18H,8-9H2,1-2H3,(H,23,25)(H,22,24,26). The number of anilines is 1. The highest BCUT2D eigenvalue weighted by Gasteiger charge is 2.26. The number of aromatic nitrogens is 1. The maximum Gasteiger partial charge on any atom is 0.251 e. The fourth-order valence-electron chi connectivity index (χ4n) is 3.05. The van der Waals surface area contributed by atoms with Crippen LogP contribution in [0.1, 0.15) is 24.2 Å². The van der Waals surface area contributed by atoms with Gasteiger partial charge in [0.25, 0.3) is 5.91 Å². The first-order chi connectivity index (χ1) is 14.0. The summed E-state index contributed by atoms with van der Waals surface area (Å²) in [7, 11) is 0. The van der Waals surface area contributed by atoms with Crippen LogP contribution in [0.4, 0.5) is 5.13 Å². The molecular weight excluding hydrogens is 390 g/mol. The van der Waals surface area contributed by atoms with Crippen molar-refractivity contribution >= 4 is 38.5 Å². The van der Waals surface area contributed by atoms with E-state index >= 15 is 0 Å². The molecule has 0 bridgehead atoms. The van der Waals surface area contributed by atoms with Gasteiger partial charge in [-0.1, -0.05) is 43.4 Å². The molecule has 1 aliphatic rings. The number of ether oxygens (including phenoxy) is 2. The Morgan fingerprint density at radius 3 is 2.45 bits per heavy atom. The van der Waals surface area contributed by atoms with Gasteiger partial charge in [0.1, 0.15) is 19.3 Å². The second kappa shape index (κ2) is 8.08. The number of rotatable bonds is 5. The molecule has 1 aliphatic heterocycles. The predicted molar refractivity (Wildman–Crippen MR) is 112 cm³/mol. The van der Waals surface area contributed by atoms with E-state index in [0.717, 1.165) is 10.2 Å². The lowest BCUT2D eigenvalue weighted by atomic mass is 10.0. The van der Waals surface area contributed by atoms with E-state index in [1.807, 2.05) is 32.0 Å². The van der Waals surface area contributed by atoms with Gasteiger partial charge >= 0.3 is 0 Å². The minimum absolute atomic E-state index is 0.0915. The summed E-state index contributed by atoms with van der Waals surface area (Å²) in [6.45, 7) is 4.79. The van der Waals surface area contributed by atoms with Crippen molar-refractivity contribution in [2.75, 3.05) is 18.5 Å². The molecule has 7 nitrogen and oxygen atoms in total. The summed E-state index contributed by atoms with van der Waals surface area (Å²) in [6, 6.07) is 11.8. The van der Waals surface area contributed by atoms with Gasteiger partial charge in [-0.2, -0.15) is 0 Å². The summed E-state index contributed by atoms with van der Waals surface area (Å²) in [6.07, 6.45) is 0. The van der Waals surface area contributed by atoms with Crippen LogP contribution >= 0.6 is 11.3 Å². The first-order valence-corrected chi connectivity index (χ1v) is 10.2. The van der Waals surface area contributed by atoms with Crippen molar-refractivity contribution in [2.24, 2.45) is 5.92 Å². The van der Waals surface area contributed by atoms with E-state index in [1.165, 1.54) is 11.3 Å². The van der Waals surface area contributed by atoms with Crippen molar-refractivity contribution in [3.63, 3.8) is 0 Å². The zero-order valence-electron chi connectivity index (χ0n) is 16.1. The van der Waals surface area contributed by atoms with E-state index in [1.54, 1.807) is 24.3 Å². The Morgan fingerprint density at radius 2 is 1.76 bits per heavy atom. The van der Waals surface area contributed by atoms with E-state index in [-0.39, 0.29) is 17.7 Å². The molecule has 4 rings (SSSR count). The van der Waals surface area contributed by atoms with Crippen molar-refractivity contribution in [1.82, 2.24) is 10.3 Å². The third-order valence-corrected chi connectivity index (χ3v) is 5.49. The molecule has 0 spiro atoms. The second-order valence-electron chi connectivity index (χ2n) is 7.03. The molecule has 8 heteroatoms. The van der Waals surface area contributed by atoms with Crippen LogP contribution in [0.5, 0.6) is 11.5 Å². The highest BCUT2D eigenvalue weighted by Crippen LogP contribution is 2.37. The van der Waals surface area contributed by atoms with E-state index in [0.29, 0.717) is 35.4 Å². The number of thiazole rings is 1. The van der Waals surface area contributed by atoms with Crippen LogP contribution in [0.3, 0.4) is 0 Å². The number of amides is 2. The molecule has 1 aromatic heterocycles. The fourth-order valence-corrected chi connectivity index (χ4v) is 3.93. The molecule has 0 saturated heterocycles.